The Morgan fingerprint density at radius 3 is 2.61 bits per heavy atom. The minimum atomic E-state index is -0.809. The van der Waals surface area contributed by atoms with Crippen molar-refractivity contribution in [2.24, 2.45) is 0 Å². The van der Waals surface area contributed by atoms with Crippen molar-refractivity contribution in [2.75, 3.05) is 11.1 Å². The molecular formula is C22H17F2N3O2S2. The van der Waals surface area contributed by atoms with Crippen LogP contribution in [0.15, 0.2) is 57.8 Å². The first-order chi connectivity index (χ1) is 14.8. The number of anilines is 1. The molecule has 1 amide bonds. The summed E-state index contributed by atoms with van der Waals surface area (Å²) in [6, 6.07) is 10.3. The lowest BCUT2D eigenvalue weighted by atomic mass is 10.1. The monoisotopic (exact) mass is 457 g/mol. The molecule has 2 heterocycles. The number of thiophene rings is 1. The van der Waals surface area contributed by atoms with Gasteiger partial charge < -0.3 is 5.32 Å². The molecule has 4 rings (SSSR count). The van der Waals surface area contributed by atoms with Crippen molar-refractivity contribution in [3.63, 3.8) is 0 Å². The van der Waals surface area contributed by atoms with Crippen molar-refractivity contribution in [3.05, 3.63) is 81.0 Å². The summed E-state index contributed by atoms with van der Waals surface area (Å²) >= 11 is 2.22. The molecule has 1 N–H and O–H groups in total. The summed E-state index contributed by atoms with van der Waals surface area (Å²) in [6.45, 7) is 3.82. The minimum Gasteiger partial charge on any atom is -0.325 e. The van der Waals surface area contributed by atoms with Crippen LogP contribution in [0.2, 0.25) is 0 Å². The third-order valence-electron chi connectivity index (χ3n) is 4.55. The van der Waals surface area contributed by atoms with Crippen LogP contribution in [0.3, 0.4) is 0 Å². The van der Waals surface area contributed by atoms with Gasteiger partial charge >= 0.3 is 0 Å². The molecule has 0 saturated heterocycles. The van der Waals surface area contributed by atoms with Gasteiger partial charge in [0.25, 0.3) is 5.56 Å². The molecule has 2 aromatic carbocycles. The molecule has 0 atom stereocenters. The Hall–Kier alpha value is -3.04. The van der Waals surface area contributed by atoms with Crippen molar-refractivity contribution in [3.8, 4) is 5.69 Å². The lowest BCUT2D eigenvalue weighted by Gasteiger charge is -2.13. The highest BCUT2D eigenvalue weighted by atomic mass is 32.2. The number of aromatic nitrogens is 2. The second-order valence-corrected chi connectivity index (χ2v) is 8.81. The molecule has 0 spiro atoms. The molecule has 9 heteroatoms. The quantitative estimate of drug-likeness (QED) is 0.336. The molecule has 0 aliphatic rings. The van der Waals surface area contributed by atoms with Crippen LogP contribution in [0.4, 0.5) is 14.5 Å². The highest BCUT2D eigenvalue weighted by Gasteiger charge is 2.17. The van der Waals surface area contributed by atoms with Crippen LogP contribution in [0.1, 0.15) is 11.1 Å². The zero-order valence-corrected chi connectivity index (χ0v) is 18.2. The van der Waals surface area contributed by atoms with Gasteiger partial charge in [0.1, 0.15) is 16.3 Å². The maximum atomic E-state index is 13.8. The fourth-order valence-electron chi connectivity index (χ4n) is 3.07. The van der Waals surface area contributed by atoms with E-state index in [-0.39, 0.29) is 22.5 Å². The second kappa shape index (κ2) is 8.60. The van der Waals surface area contributed by atoms with E-state index in [1.54, 1.807) is 11.4 Å². The number of hydrogen-bond acceptors (Lipinski definition) is 5. The molecule has 158 valence electrons. The number of rotatable bonds is 5. The standard InChI is InChI=1S/C22H17F2N3O2S2/c1-12-3-4-13(2)18(7-12)25-19(28)11-31-22-26-17-5-6-30-20(17)21(29)27(22)16-9-14(23)8-15(24)10-16/h3-10H,11H2,1-2H3,(H,25,28). The zero-order chi connectivity index (χ0) is 22.1. The summed E-state index contributed by atoms with van der Waals surface area (Å²) in [5.74, 6) is -1.93. The van der Waals surface area contributed by atoms with Crippen molar-refractivity contribution < 1.29 is 13.6 Å². The van der Waals surface area contributed by atoms with E-state index in [9.17, 15) is 18.4 Å². The molecule has 4 aromatic rings. The Kier molecular flexibility index (Phi) is 5.88. The van der Waals surface area contributed by atoms with Crippen molar-refractivity contribution in [1.29, 1.82) is 0 Å². The Morgan fingerprint density at radius 1 is 1.13 bits per heavy atom. The van der Waals surface area contributed by atoms with Crippen LogP contribution < -0.4 is 10.9 Å². The number of nitrogens with one attached hydrogen (secondary N) is 1. The van der Waals surface area contributed by atoms with Gasteiger partial charge in [-0.3, -0.25) is 14.2 Å². The Morgan fingerprint density at radius 2 is 1.87 bits per heavy atom. The highest BCUT2D eigenvalue weighted by molar-refractivity contribution is 7.99. The van der Waals surface area contributed by atoms with Crippen LogP contribution in [0.5, 0.6) is 0 Å². The summed E-state index contributed by atoms with van der Waals surface area (Å²) in [5, 5.41) is 4.75. The third kappa shape index (κ3) is 4.52. The van der Waals surface area contributed by atoms with E-state index in [0.717, 1.165) is 45.7 Å². The van der Waals surface area contributed by atoms with E-state index >= 15 is 0 Å². The molecule has 0 bridgehead atoms. The summed E-state index contributed by atoms with van der Waals surface area (Å²) in [5.41, 5.74) is 2.69. The van der Waals surface area contributed by atoms with Gasteiger partial charge in [-0.1, -0.05) is 23.9 Å². The van der Waals surface area contributed by atoms with Gasteiger partial charge in [0.15, 0.2) is 5.16 Å². The van der Waals surface area contributed by atoms with Gasteiger partial charge in [0.05, 0.1) is 17.0 Å². The number of carbonyl (C=O) groups is 1. The number of benzene rings is 2. The topological polar surface area (TPSA) is 64.0 Å². The van der Waals surface area contributed by atoms with E-state index in [0.29, 0.717) is 15.9 Å². The molecular weight excluding hydrogens is 440 g/mol. The van der Waals surface area contributed by atoms with Crippen LogP contribution in [-0.4, -0.2) is 21.2 Å². The molecule has 0 aliphatic heterocycles. The average molecular weight is 458 g/mol. The lowest BCUT2D eigenvalue weighted by Crippen LogP contribution is -2.22. The SMILES string of the molecule is Cc1ccc(C)c(NC(=O)CSc2nc3ccsc3c(=O)n2-c2cc(F)cc(F)c2)c1. The van der Waals surface area contributed by atoms with E-state index < -0.39 is 17.2 Å². The van der Waals surface area contributed by atoms with Gasteiger partial charge in [0, 0.05) is 11.8 Å². The minimum absolute atomic E-state index is 0.0164. The molecule has 0 aliphatic carbocycles. The number of thioether (sulfide) groups is 1. The number of amides is 1. The molecule has 31 heavy (non-hydrogen) atoms. The fraction of sp³-hybridized carbons (Fsp3) is 0.136. The molecule has 5 nitrogen and oxygen atoms in total. The number of aryl methyl sites for hydroxylation is 2. The van der Waals surface area contributed by atoms with Gasteiger partial charge in [-0.05, 0) is 54.6 Å². The zero-order valence-electron chi connectivity index (χ0n) is 16.6. The average Bonchev–Trinajstić information content (AvgIpc) is 3.17. The molecule has 0 saturated carbocycles. The number of fused-ring (bicyclic) bond motifs is 1. The predicted molar refractivity (Wildman–Crippen MR) is 120 cm³/mol. The van der Waals surface area contributed by atoms with Crippen molar-refractivity contribution >= 4 is 44.9 Å². The van der Waals surface area contributed by atoms with Crippen LogP contribution in [-0.2, 0) is 4.79 Å². The van der Waals surface area contributed by atoms with Crippen LogP contribution in [0.25, 0.3) is 15.9 Å². The molecule has 0 fully saturated rings. The van der Waals surface area contributed by atoms with E-state index in [1.807, 2.05) is 32.0 Å². The Labute approximate surface area is 184 Å². The smallest absolute Gasteiger partial charge is 0.276 e. The van der Waals surface area contributed by atoms with E-state index in [2.05, 4.69) is 10.3 Å². The van der Waals surface area contributed by atoms with Crippen molar-refractivity contribution in [2.45, 2.75) is 19.0 Å². The van der Waals surface area contributed by atoms with Gasteiger partial charge in [-0.25, -0.2) is 13.8 Å². The van der Waals surface area contributed by atoms with Crippen LogP contribution in [0, 0.1) is 25.5 Å². The number of nitrogens with zero attached hydrogens (tertiary/aromatic N) is 2. The maximum Gasteiger partial charge on any atom is 0.276 e. The first kappa shape index (κ1) is 21.2. The van der Waals surface area contributed by atoms with E-state index in [4.69, 9.17) is 0 Å². The lowest BCUT2D eigenvalue weighted by molar-refractivity contribution is -0.113. The van der Waals surface area contributed by atoms with Gasteiger partial charge in [-0.2, -0.15) is 0 Å². The second-order valence-electron chi connectivity index (χ2n) is 6.95. The summed E-state index contributed by atoms with van der Waals surface area (Å²) in [4.78, 5) is 30.0. The number of carbonyl (C=O) groups excluding carboxylic acids is 1. The molecule has 0 radical (unpaired) electrons. The van der Waals surface area contributed by atoms with Crippen molar-refractivity contribution in [1.82, 2.24) is 9.55 Å². The largest absolute Gasteiger partial charge is 0.325 e. The summed E-state index contributed by atoms with van der Waals surface area (Å²) in [7, 11) is 0. The molecule has 2 aromatic heterocycles. The third-order valence-corrected chi connectivity index (χ3v) is 6.38. The Bertz CT molecular complexity index is 1340. The maximum absolute atomic E-state index is 13.8. The highest BCUT2D eigenvalue weighted by Crippen LogP contribution is 2.25. The Balaban J connectivity index is 1.67. The normalized spacial score (nSPS) is 11.1. The van der Waals surface area contributed by atoms with E-state index in [1.165, 1.54) is 11.3 Å². The number of halogens is 2. The first-order valence-electron chi connectivity index (χ1n) is 9.28. The van der Waals surface area contributed by atoms with Gasteiger partial charge in [-0.15, -0.1) is 11.3 Å². The predicted octanol–water partition coefficient (Wildman–Crippen LogP) is 5.07. The van der Waals surface area contributed by atoms with Gasteiger partial charge in [0.2, 0.25) is 5.91 Å². The summed E-state index contributed by atoms with van der Waals surface area (Å²) < 4.78 is 29.1. The first-order valence-corrected chi connectivity index (χ1v) is 11.1. The summed E-state index contributed by atoms with van der Waals surface area (Å²) in [6.07, 6.45) is 0. The van der Waals surface area contributed by atoms with Crippen LogP contribution >= 0.6 is 23.1 Å². The molecule has 0 unspecified atom stereocenters. The fourth-order valence-corrected chi connectivity index (χ4v) is 4.64. The number of hydrogen-bond donors (Lipinski definition) is 1.